The van der Waals surface area contributed by atoms with Crippen LogP contribution >= 0.6 is 52.9 Å². The topological polar surface area (TPSA) is 18.5 Å². The van der Waals surface area contributed by atoms with Crippen molar-refractivity contribution in [3.05, 3.63) is 52.5 Å². The molecule has 0 fully saturated rings. The Morgan fingerprint density at radius 1 is 0.964 bits per heavy atom. The van der Waals surface area contributed by atoms with Gasteiger partial charge in [-0.3, -0.25) is 0 Å². The summed E-state index contributed by atoms with van der Waals surface area (Å²) in [5.74, 6) is 1.67. The second-order valence-corrected chi connectivity index (χ2v) is 9.64. The first-order chi connectivity index (χ1) is 13.5. The number of nitrogens with zero attached hydrogens (tertiary/aromatic N) is 2. The summed E-state index contributed by atoms with van der Waals surface area (Å²) >= 11 is 14.3. The number of nitrogens with one attached hydrogen (secondary N) is 1. The maximum absolute atomic E-state index is 4.49. The lowest BCUT2D eigenvalue weighted by Crippen LogP contribution is -2.34. The van der Waals surface area contributed by atoms with Gasteiger partial charge in [-0.15, -0.1) is 0 Å². The summed E-state index contributed by atoms with van der Waals surface area (Å²) in [7, 11) is 4.22. The number of hydrogen-bond acceptors (Lipinski definition) is 6. The van der Waals surface area contributed by atoms with Gasteiger partial charge in [-0.2, -0.15) is 25.3 Å². The number of hydrogen-bond donors (Lipinski definition) is 3. The molecule has 7 heteroatoms. The van der Waals surface area contributed by atoms with Crippen molar-refractivity contribution in [1.29, 1.82) is 0 Å². The zero-order valence-electron chi connectivity index (χ0n) is 16.6. The molecule has 0 aromatic heterocycles. The molecule has 0 radical (unpaired) electrons. The normalized spacial score (nSPS) is 11.2. The van der Waals surface area contributed by atoms with Gasteiger partial charge in [-0.05, 0) is 43.9 Å². The molecule has 0 aliphatic rings. The Morgan fingerprint density at radius 3 is 2.46 bits per heavy atom. The van der Waals surface area contributed by atoms with Crippen molar-refractivity contribution in [3.63, 3.8) is 0 Å². The Labute approximate surface area is 193 Å². The minimum atomic E-state index is 0.820. The summed E-state index contributed by atoms with van der Waals surface area (Å²) in [6.45, 7) is 4.65. The van der Waals surface area contributed by atoms with Crippen LogP contribution in [0.25, 0.3) is 0 Å². The third-order valence-electron chi connectivity index (χ3n) is 4.16. The van der Waals surface area contributed by atoms with Crippen molar-refractivity contribution < 1.29 is 0 Å². The van der Waals surface area contributed by atoms with Crippen molar-refractivity contribution in [2.75, 3.05) is 56.7 Å². The molecular formula is C21H30BrN3S3. The first kappa shape index (κ1) is 24.0. The van der Waals surface area contributed by atoms with Gasteiger partial charge in [0.2, 0.25) is 0 Å². The highest BCUT2D eigenvalue weighted by Crippen LogP contribution is 2.38. The van der Waals surface area contributed by atoms with E-state index in [-0.39, 0.29) is 0 Å². The van der Waals surface area contributed by atoms with Crippen molar-refractivity contribution in [1.82, 2.24) is 10.2 Å². The van der Waals surface area contributed by atoms with E-state index in [2.05, 4.69) is 113 Å². The van der Waals surface area contributed by atoms with E-state index in [1.807, 2.05) is 11.8 Å². The molecule has 0 heterocycles. The Balaban J connectivity index is 2.28. The Hall–Kier alpha value is -0.310. The molecule has 2 aromatic carbocycles. The summed E-state index contributed by atoms with van der Waals surface area (Å²) < 4.78 is 1.10. The summed E-state index contributed by atoms with van der Waals surface area (Å²) in [6.07, 6.45) is 0. The van der Waals surface area contributed by atoms with E-state index in [0.717, 1.165) is 48.7 Å². The van der Waals surface area contributed by atoms with Gasteiger partial charge in [0.15, 0.2) is 0 Å². The van der Waals surface area contributed by atoms with Crippen LogP contribution in [-0.2, 0) is 6.54 Å². The van der Waals surface area contributed by atoms with Crippen LogP contribution in [0.4, 0.5) is 5.69 Å². The number of anilines is 1. The number of benzene rings is 2. The van der Waals surface area contributed by atoms with E-state index in [0.29, 0.717) is 0 Å². The van der Waals surface area contributed by atoms with Gasteiger partial charge in [-0.25, -0.2) is 0 Å². The van der Waals surface area contributed by atoms with Crippen LogP contribution in [-0.4, -0.2) is 56.7 Å². The summed E-state index contributed by atoms with van der Waals surface area (Å²) in [4.78, 5) is 7.20. The van der Waals surface area contributed by atoms with Crippen LogP contribution < -0.4 is 10.2 Å². The van der Waals surface area contributed by atoms with E-state index in [1.54, 1.807) is 0 Å². The first-order valence-electron chi connectivity index (χ1n) is 9.42. The minimum Gasteiger partial charge on any atom is -0.368 e. The molecule has 0 spiro atoms. The van der Waals surface area contributed by atoms with Gasteiger partial charge in [0.05, 0.1) is 5.69 Å². The maximum atomic E-state index is 4.49. The molecule has 0 atom stereocenters. The molecule has 3 nitrogen and oxygen atoms in total. The van der Waals surface area contributed by atoms with Crippen LogP contribution in [0.3, 0.4) is 0 Å². The lowest BCUT2D eigenvalue weighted by atomic mass is 10.2. The zero-order valence-corrected chi connectivity index (χ0v) is 20.8. The molecule has 0 bridgehead atoms. The van der Waals surface area contributed by atoms with Gasteiger partial charge in [0, 0.05) is 58.5 Å². The van der Waals surface area contributed by atoms with E-state index >= 15 is 0 Å². The second-order valence-electron chi connectivity index (χ2n) is 6.74. The molecule has 28 heavy (non-hydrogen) atoms. The SMILES string of the molecule is CN(C)Cc1ccccc1Sc1ccc(Br)cc1N(CCS)CCNCCS. The third-order valence-corrected chi connectivity index (χ3v) is 6.26. The summed E-state index contributed by atoms with van der Waals surface area (Å²) in [6, 6.07) is 15.2. The minimum absolute atomic E-state index is 0.820. The number of rotatable bonds is 12. The van der Waals surface area contributed by atoms with Crippen LogP contribution in [0.15, 0.2) is 56.7 Å². The van der Waals surface area contributed by atoms with Crippen LogP contribution in [0, 0.1) is 0 Å². The molecule has 0 amide bonds. The largest absolute Gasteiger partial charge is 0.368 e. The van der Waals surface area contributed by atoms with Gasteiger partial charge in [0.25, 0.3) is 0 Å². The van der Waals surface area contributed by atoms with Crippen molar-refractivity contribution in [3.8, 4) is 0 Å². The predicted octanol–water partition coefficient (Wildman–Crippen LogP) is 4.92. The van der Waals surface area contributed by atoms with Gasteiger partial charge in [-0.1, -0.05) is 45.9 Å². The molecule has 0 unspecified atom stereocenters. The van der Waals surface area contributed by atoms with E-state index in [1.165, 1.54) is 21.0 Å². The van der Waals surface area contributed by atoms with E-state index in [9.17, 15) is 0 Å². The monoisotopic (exact) mass is 499 g/mol. The standard InChI is InChI=1S/C21H30BrN3S3/c1-24(2)16-17-5-3-4-6-20(17)28-21-8-7-18(22)15-19(21)25(12-14-27)11-9-23-10-13-26/h3-8,15,23,26-27H,9-14,16H2,1-2H3. The van der Waals surface area contributed by atoms with Gasteiger partial charge in [0.1, 0.15) is 0 Å². The highest BCUT2D eigenvalue weighted by Gasteiger charge is 2.14. The van der Waals surface area contributed by atoms with Crippen molar-refractivity contribution in [2.45, 2.75) is 16.3 Å². The van der Waals surface area contributed by atoms with Crippen LogP contribution in [0.2, 0.25) is 0 Å². The highest BCUT2D eigenvalue weighted by atomic mass is 79.9. The summed E-state index contributed by atoms with van der Waals surface area (Å²) in [5, 5.41) is 3.44. The molecular weight excluding hydrogens is 470 g/mol. The molecule has 0 aliphatic carbocycles. The molecule has 0 aliphatic heterocycles. The fourth-order valence-electron chi connectivity index (χ4n) is 2.91. The van der Waals surface area contributed by atoms with Gasteiger partial charge >= 0.3 is 0 Å². The highest BCUT2D eigenvalue weighted by molar-refractivity contribution is 9.10. The van der Waals surface area contributed by atoms with Crippen LogP contribution in [0.5, 0.6) is 0 Å². The quantitative estimate of drug-likeness (QED) is 0.284. The Bertz CT molecular complexity index is 728. The Kier molecular flexibility index (Phi) is 11.2. The van der Waals surface area contributed by atoms with E-state index < -0.39 is 0 Å². The Morgan fingerprint density at radius 2 is 1.75 bits per heavy atom. The molecule has 1 N–H and O–H groups in total. The smallest absolute Gasteiger partial charge is 0.0520 e. The lowest BCUT2D eigenvalue weighted by molar-refractivity contribution is 0.399. The molecule has 2 aromatic rings. The van der Waals surface area contributed by atoms with E-state index in [4.69, 9.17) is 0 Å². The lowest BCUT2D eigenvalue weighted by Gasteiger charge is -2.27. The summed E-state index contributed by atoms with van der Waals surface area (Å²) in [5.41, 5.74) is 2.60. The maximum Gasteiger partial charge on any atom is 0.0520 e. The predicted molar refractivity (Wildman–Crippen MR) is 135 cm³/mol. The van der Waals surface area contributed by atoms with Crippen molar-refractivity contribution in [2.24, 2.45) is 0 Å². The molecule has 0 saturated heterocycles. The third kappa shape index (κ3) is 7.84. The molecule has 2 rings (SSSR count). The second kappa shape index (κ2) is 13.1. The molecule has 0 saturated carbocycles. The molecule has 154 valence electrons. The number of halogens is 1. The first-order valence-corrected chi connectivity index (χ1v) is 12.3. The average Bonchev–Trinajstić information content (AvgIpc) is 2.67. The number of thiol groups is 2. The van der Waals surface area contributed by atoms with Crippen molar-refractivity contribution >= 4 is 58.6 Å². The zero-order chi connectivity index (χ0) is 20.4. The fourth-order valence-corrected chi connectivity index (χ4v) is 4.73. The average molecular weight is 501 g/mol. The van der Waals surface area contributed by atoms with Crippen LogP contribution in [0.1, 0.15) is 5.56 Å². The fraction of sp³-hybridized carbons (Fsp3) is 0.429. The van der Waals surface area contributed by atoms with Gasteiger partial charge < -0.3 is 15.1 Å².